The minimum absolute atomic E-state index is 0.309. The first-order valence-corrected chi connectivity index (χ1v) is 12.8. The third-order valence-corrected chi connectivity index (χ3v) is 9.59. The van der Waals surface area contributed by atoms with Crippen molar-refractivity contribution in [3.63, 3.8) is 0 Å². The summed E-state index contributed by atoms with van der Waals surface area (Å²) >= 11 is 0. The van der Waals surface area contributed by atoms with Gasteiger partial charge in [-0.1, -0.05) is 82.2 Å². The van der Waals surface area contributed by atoms with Crippen molar-refractivity contribution in [2.24, 2.45) is 22.7 Å². The number of allylic oxidation sites excluding steroid dienone is 1. The number of fused-ring (bicyclic) bond motifs is 1. The summed E-state index contributed by atoms with van der Waals surface area (Å²) in [7, 11) is 0. The van der Waals surface area contributed by atoms with Crippen LogP contribution in [0.3, 0.4) is 0 Å². The van der Waals surface area contributed by atoms with Crippen LogP contribution >= 0.6 is 0 Å². The van der Waals surface area contributed by atoms with Crippen molar-refractivity contribution in [3.8, 4) is 11.5 Å². The van der Waals surface area contributed by atoms with Crippen LogP contribution in [0.15, 0.2) is 54.1 Å². The highest BCUT2D eigenvalue weighted by molar-refractivity contribution is 5.84. The third-order valence-electron chi connectivity index (χ3n) is 9.59. The smallest absolute Gasteiger partial charge is 0.115 e. The van der Waals surface area contributed by atoms with Gasteiger partial charge in [-0.25, -0.2) is 0 Å². The Hall–Kier alpha value is -2.22. The Morgan fingerprint density at radius 1 is 0.844 bits per heavy atom. The number of unbranched alkanes of at least 4 members (excludes halogenated alkanes) is 1. The molecule has 3 unspecified atom stereocenters. The van der Waals surface area contributed by atoms with E-state index < -0.39 is 0 Å². The van der Waals surface area contributed by atoms with Gasteiger partial charge in [0.1, 0.15) is 11.5 Å². The Labute approximate surface area is 193 Å². The van der Waals surface area contributed by atoms with E-state index >= 15 is 0 Å². The molecule has 0 spiro atoms. The standard InChI is InChI=1S/C30H38O2/c1-21-29(2)19-20-30(21,29)27(10-6-5-9-22-7-3-4-8-22)28(23-11-15-25(31)16-12-23)24-13-17-26(32)18-14-24/h11-18,21-22,31-32H,3-10,19-20H2,1-2H3. The van der Waals surface area contributed by atoms with Gasteiger partial charge in [-0.3, -0.25) is 0 Å². The molecule has 0 radical (unpaired) electrons. The number of hydrogen-bond acceptors (Lipinski definition) is 2. The summed E-state index contributed by atoms with van der Waals surface area (Å²) in [5.41, 5.74) is 6.09. The fourth-order valence-electron chi connectivity index (χ4n) is 7.37. The van der Waals surface area contributed by atoms with Crippen LogP contribution in [0.5, 0.6) is 11.5 Å². The molecule has 32 heavy (non-hydrogen) atoms. The van der Waals surface area contributed by atoms with E-state index in [4.69, 9.17) is 0 Å². The second-order valence-corrected chi connectivity index (χ2v) is 11.0. The van der Waals surface area contributed by atoms with Crippen LogP contribution in [0.4, 0.5) is 0 Å². The van der Waals surface area contributed by atoms with Gasteiger partial charge in [0.2, 0.25) is 0 Å². The van der Waals surface area contributed by atoms with Crippen LogP contribution in [0.1, 0.15) is 89.2 Å². The molecule has 2 aromatic rings. The second-order valence-electron chi connectivity index (χ2n) is 11.0. The predicted molar refractivity (Wildman–Crippen MR) is 132 cm³/mol. The molecule has 170 valence electrons. The molecular weight excluding hydrogens is 392 g/mol. The topological polar surface area (TPSA) is 40.5 Å². The highest BCUT2D eigenvalue weighted by atomic mass is 16.3. The molecule has 0 bridgehead atoms. The maximum absolute atomic E-state index is 9.92. The number of phenols is 2. The molecular formula is C30H38O2. The highest BCUT2D eigenvalue weighted by Crippen LogP contribution is 2.85. The first kappa shape index (κ1) is 21.6. The second kappa shape index (κ2) is 8.28. The Balaban J connectivity index is 1.53. The molecule has 3 aliphatic carbocycles. The number of aromatic hydroxyl groups is 2. The molecule has 2 aromatic carbocycles. The Morgan fingerprint density at radius 3 is 1.84 bits per heavy atom. The maximum Gasteiger partial charge on any atom is 0.115 e. The van der Waals surface area contributed by atoms with Gasteiger partial charge in [0, 0.05) is 5.41 Å². The third kappa shape index (κ3) is 3.47. The van der Waals surface area contributed by atoms with E-state index in [0.29, 0.717) is 22.3 Å². The molecule has 3 saturated carbocycles. The van der Waals surface area contributed by atoms with Crippen LogP contribution < -0.4 is 0 Å². The molecule has 0 saturated heterocycles. The zero-order valence-corrected chi connectivity index (χ0v) is 19.7. The molecule has 2 nitrogen and oxygen atoms in total. The van der Waals surface area contributed by atoms with Crippen LogP contribution in [-0.4, -0.2) is 10.2 Å². The highest BCUT2D eigenvalue weighted by Gasteiger charge is 2.78. The van der Waals surface area contributed by atoms with Gasteiger partial charge in [-0.15, -0.1) is 0 Å². The summed E-state index contributed by atoms with van der Waals surface area (Å²) in [6.45, 7) is 4.95. The van der Waals surface area contributed by atoms with Crippen molar-refractivity contribution in [2.75, 3.05) is 0 Å². The van der Waals surface area contributed by atoms with E-state index in [9.17, 15) is 10.2 Å². The van der Waals surface area contributed by atoms with Crippen molar-refractivity contribution in [3.05, 3.63) is 65.2 Å². The fraction of sp³-hybridized carbons (Fsp3) is 0.533. The Kier molecular flexibility index (Phi) is 5.60. The van der Waals surface area contributed by atoms with E-state index in [2.05, 4.69) is 38.1 Å². The molecule has 2 N–H and O–H groups in total. The zero-order chi connectivity index (χ0) is 22.3. The summed E-state index contributed by atoms with van der Waals surface area (Å²) < 4.78 is 0. The summed E-state index contributed by atoms with van der Waals surface area (Å²) in [5, 5.41) is 19.8. The van der Waals surface area contributed by atoms with Gasteiger partial charge < -0.3 is 10.2 Å². The van der Waals surface area contributed by atoms with Crippen LogP contribution in [0.2, 0.25) is 0 Å². The number of rotatable bonds is 8. The van der Waals surface area contributed by atoms with Crippen molar-refractivity contribution >= 4 is 5.57 Å². The van der Waals surface area contributed by atoms with Gasteiger partial charge in [0.25, 0.3) is 0 Å². The maximum atomic E-state index is 9.92. The molecule has 3 fully saturated rings. The van der Waals surface area contributed by atoms with Crippen LogP contribution in [-0.2, 0) is 0 Å². The lowest BCUT2D eigenvalue weighted by Crippen LogP contribution is -2.26. The largest absolute Gasteiger partial charge is 0.508 e. The van der Waals surface area contributed by atoms with Crippen LogP contribution in [0.25, 0.3) is 5.57 Å². The van der Waals surface area contributed by atoms with Gasteiger partial charge in [0.05, 0.1) is 0 Å². The van der Waals surface area contributed by atoms with Gasteiger partial charge >= 0.3 is 0 Å². The quantitative estimate of drug-likeness (QED) is 0.415. The van der Waals surface area contributed by atoms with E-state index in [-0.39, 0.29) is 0 Å². The Morgan fingerprint density at radius 2 is 1.41 bits per heavy atom. The average molecular weight is 431 g/mol. The molecule has 3 aliphatic rings. The fourth-order valence-corrected chi connectivity index (χ4v) is 7.37. The lowest BCUT2D eigenvalue weighted by Gasteiger charge is -2.37. The van der Waals surface area contributed by atoms with E-state index in [1.165, 1.54) is 74.5 Å². The van der Waals surface area contributed by atoms with Crippen molar-refractivity contribution < 1.29 is 10.2 Å². The number of hydrogen-bond donors (Lipinski definition) is 2. The zero-order valence-electron chi connectivity index (χ0n) is 19.7. The van der Waals surface area contributed by atoms with Crippen molar-refractivity contribution in [1.29, 1.82) is 0 Å². The normalized spacial score (nSPS) is 28.8. The number of phenolic OH excluding ortho intramolecular Hbond substituents is 2. The average Bonchev–Trinajstić information content (AvgIpc) is 3.18. The van der Waals surface area contributed by atoms with Gasteiger partial charge in [0.15, 0.2) is 0 Å². The van der Waals surface area contributed by atoms with E-state index in [0.717, 1.165) is 18.3 Å². The molecule has 5 rings (SSSR count). The molecule has 0 aliphatic heterocycles. The molecule has 3 atom stereocenters. The van der Waals surface area contributed by atoms with E-state index in [1.54, 1.807) is 29.8 Å². The lowest BCUT2D eigenvalue weighted by atomic mass is 9.67. The Bertz CT molecular complexity index is 933. The summed E-state index contributed by atoms with van der Waals surface area (Å²) in [4.78, 5) is 0. The van der Waals surface area contributed by atoms with Gasteiger partial charge in [-0.05, 0) is 83.9 Å². The van der Waals surface area contributed by atoms with Gasteiger partial charge in [-0.2, -0.15) is 0 Å². The molecule has 0 aromatic heterocycles. The SMILES string of the molecule is CC1C2(C)CCC12C(CCCCC1CCCC1)=C(c1ccc(O)cc1)c1ccc(O)cc1. The molecule has 0 amide bonds. The summed E-state index contributed by atoms with van der Waals surface area (Å²) in [6.07, 6.45) is 13.5. The minimum Gasteiger partial charge on any atom is -0.508 e. The molecule has 2 heteroatoms. The lowest BCUT2D eigenvalue weighted by molar-refractivity contribution is 0.231. The van der Waals surface area contributed by atoms with Crippen molar-refractivity contribution in [2.45, 2.75) is 78.1 Å². The molecule has 0 heterocycles. The summed E-state index contributed by atoms with van der Waals surface area (Å²) in [5.74, 6) is 2.30. The number of benzene rings is 2. The van der Waals surface area contributed by atoms with Crippen molar-refractivity contribution in [1.82, 2.24) is 0 Å². The first-order valence-electron chi connectivity index (χ1n) is 12.8. The minimum atomic E-state index is 0.309. The monoisotopic (exact) mass is 430 g/mol. The summed E-state index contributed by atoms with van der Waals surface area (Å²) in [6, 6.07) is 15.5. The van der Waals surface area contributed by atoms with Crippen LogP contribution in [0, 0.1) is 22.7 Å². The van der Waals surface area contributed by atoms with E-state index in [1.807, 2.05) is 0 Å². The predicted octanol–water partition coefficient (Wildman–Crippen LogP) is 8.09. The first-order chi connectivity index (χ1) is 15.5.